The number of halogens is 1. The summed E-state index contributed by atoms with van der Waals surface area (Å²) in [4.78, 5) is 90.4. The van der Waals surface area contributed by atoms with Gasteiger partial charge >= 0.3 is 11.9 Å². The first-order valence-electron chi connectivity index (χ1n) is 17.5. The molecule has 13 heteroatoms. The standard InChI is InChI=1S/C36H57BrN4O8/c1-20(2)27-33(44)40(11)29(22(5)6)36(47)49-30(23(7)8)34(45)41-19-15-16-25(41)32(43)39(10)28(21(3)4)35(46)48-26(17-13-12-14-18-37)24(9)31(42)38-27/h20-30H,12-13,15-17,19H2,1-11H3,(H,38,42)/t24-,25+,26-,27-,28+,29-,30-/m0/s1. The maximum absolute atomic E-state index is 14.1. The number of carbonyl (C=O) groups is 6. The molecule has 1 N–H and O–H groups in total. The van der Waals surface area contributed by atoms with Crippen LogP contribution in [-0.2, 0) is 38.2 Å². The second-order valence-electron chi connectivity index (χ2n) is 14.7. The number of ether oxygens (including phenoxy) is 2. The van der Waals surface area contributed by atoms with E-state index in [0.29, 0.717) is 32.1 Å². The lowest BCUT2D eigenvalue weighted by Crippen LogP contribution is -2.57. The summed E-state index contributed by atoms with van der Waals surface area (Å²) in [6, 6.07) is -3.94. The molecule has 4 amide bonds. The number of rotatable bonds is 7. The predicted molar refractivity (Wildman–Crippen MR) is 189 cm³/mol. The Hall–Kier alpha value is -3.14. The molecule has 12 nitrogen and oxygen atoms in total. The van der Waals surface area contributed by atoms with Crippen molar-refractivity contribution < 1.29 is 38.2 Å². The van der Waals surface area contributed by atoms with Gasteiger partial charge in [0, 0.05) is 43.0 Å². The quantitative estimate of drug-likeness (QED) is 0.236. The van der Waals surface area contributed by atoms with E-state index in [9.17, 15) is 28.8 Å². The molecule has 0 aliphatic carbocycles. The molecule has 0 aromatic rings. The average molecular weight is 754 g/mol. The summed E-state index contributed by atoms with van der Waals surface area (Å²) in [6.07, 6.45) is 0.177. The molecule has 2 rings (SSSR count). The normalized spacial score (nSPS) is 28.6. The Morgan fingerprint density at radius 1 is 0.796 bits per heavy atom. The van der Waals surface area contributed by atoms with Crippen molar-refractivity contribution in [1.29, 1.82) is 0 Å². The monoisotopic (exact) mass is 752 g/mol. The number of amides is 4. The minimum absolute atomic E-state index is 0.285. The number of likely N-dealkylation sites (N-methyl/N-ethyl adjacent to an activating group) is 2. The molecule has 0 spiro atoms. The van der Waals surface area contributed by atoms with Crippen LogP contribution in [-0.4, -0.2) is 107 Å². The summed E-state index contributed by atoms with van der Waals surface area (Å²) in [7, 11) is 3.01. The van der Waals surface area contributed by atoms with Gasteiger partial charge < -0.3 is 29.5 Å². The number of cyclic esters (lactones) is 2. The van der Waals surface area contributed by atoms with Crippen molar-refractivity contribution in [3.63, 3.8) is 0 Å². The summed E-state index contributed by atoms with van der Waals surface area (Å²) in [5.74, 6) is -2.83. The number of nitrogens with zero attached hydrogens (tertiary/aromatic N) is 3. The molecule has 49 heavy (non-hydrogen) atoms. The van der Waals surface area contributed by atoms with Crippen LogP contribution in [0.25, 0.3) is 0 Å². The van der Waals surface area contributed by atoms with Crippen molar-refractivity contribution in [2.24, 2.45) is 29.6 Å². The van der Waals surface area contributed by atoms with E-state index in [1.165, 1.54) is 28.8 Å². The molecule has 0 bridgehead atoms. The third-order valence-corrected chi connectivity index (χ3v) is 9.80. The molecule has 2 saturated heterocycles. The van der Waals surface area contributed by atoms with Gasteiger partial charge in [-0.2, -0.15) is 0 Å². The van der Waals surface area contributed by atoms with E-state index in [2.05, 4.69) is 32.0 Å². The fourth-order valence-electron chi connectivity index (χ4n) is 6.64. The van der Waals surface area contributed by atoms with Gasteiger partial charge in [0.1, 0.15) is 30.3 Å². The van der Waals surface area contributed by atoms with Crippen molar-refractivity contribution in [2.45, 2.75) is 131 Å². The molecule has 0 saturated carbocycles. The number of hydrogen-bond acceptors (Lipinski definition) is 8. The molecule has 0 radical (unpaired) electrons. The Morgan fingerprint density at radius 3 is 1.86 bits per heavy atom. The van der Waals surface area contributed by atoms with Gasteiger partial charge in [-0.25, -0.2) is 9.59 Å². The average Bonchev–Trinajstić information content (AvgIpc) is 3.51. The van der Waals surface area contributed by atoms with Gasteiger partial charge in [0.2, 0.25) is 17.7 Å². The van der Waals surface area contributed by atoms with Crippen molar-refractivity contribution in [3.05, 3.63) is 0 Å². The third kappa shape index (κ3) is 10.4. The molecule has 2 heterocycles. The maximum Gasteiger partial charge on any atom is 0.329 e. The zero-order chi connectivity index (χ0) is 37.3. The highest BCUT2D eigenvalue weighted by Crippen LogP contribution is 2.27. The molecule has 2 fully saturated rings. The Labute approximate surface area is 300 Å². The number of nitrogens with one attached hydrogen (secondary N) is 1. The van der Waals surface area contributed by atoms with Crippen molar-refractivity contribution >= 4 is 51.5 Å². The second kappa shape index (κ2) is 18.7. The summed E-state index contributed by atoms with van der Waals surface area (Å²) in [5, 5.41) is 2.86. The first-order chi connectivity index (χ1) is 22.9. The van der Waals surface area contributed by atoms with Crippen LogP contribution in [0.1, 0.15) is 94.4 Å². The topological polar surface area (TPSA) is 143 Å². The summed E-state index contributed by atoms with van der Waals surface area (Å²) >= 11 is 3.08. The molecule has 0 aromatic carbocycles. The van der Waals surface area contributed by atoms with E-state index in [1.54, 1.807) is 62.3 Å². The SMILES string of the molecule is CC(C)[C@@H]1NC(=O)[C@@H](C)[C@H](CCCC#CBr)OC(=O)[C@@H](C(C)C)N(C)C(=O)[C@H]2CCCN2C(=O)[C@H](C(C)C)OC(=O)[C@H](C(C)C)N(C)C1=O. The van der Waals surface area contributed by atoms with Crippen molar-refractivity contribution in [2.75, 3.05) is 20.6 Å². The summed E-state index contributed by atoms with van der Waals surface area (Å²) in [5.41, 5.74) is 0. The predicted octanol–water partition coefficient (Wildman–Crippen LogP) is 3.74. The van der Waals surface area contributed by atoms with E-state index >= 15 is 0 Å². The molecular formula is C36H57BrN4O8. The Kier molecular flexibility index (Phi) is 16.1. The summed E-state index contributed by atoms with van der Waals surface area (Å²) in [6.45, 7) is 16.2. The van der Waals surface area contributed by atoms with E-state index in [-0.39, 0.29) is 18.4 Å². The minimum atomic E-state index is -1.21. The molecule has 0 aromatic heterocycles. The van der Waals surface area contributed by atoms with Crippen LogP contribution >= 0.6 is 15.9 Å². The highest BCUT2D eigenvalue weighted by molar-refractivity contribution is 9.12. The minimum Gasteiger partial charge on any atom is -0.460 e. The van der Waals surface area contributed by atoms with Gasteiger partial charge in [0.25, 0.3) is 5.91 Å². The van der Waals surface area contributed by atoms with Crippen LogP contribution in [0, 0.1) is 40.3 Å². The lowest BCUT2D eigenvalue weighted by atomic mass is 9.95. The van der Waals surface area contributed by atoms with Crippen LogP contribution in [0.5, 0.6) is 0 Å². The third-order valence-electron chi connectivity index (χ3n) is 9.52. The van der Waals surface area contributed by atoms with E-state index in [4.69, 9.17) is 9.47 Å². The lowest BCUT2D eigenvalue weighted by Gasteiger charge is -2.36. The smallest absolute Gasteiger partial charge is 0.329 e. The van der Waals surface area contributed by atoms with Crippen molar-refractivity contribution in [3.8, 4) is 10.8 Å². The Bertz CT molecular complexity index is 1280. The van der Waals surface area contributed by atoms with Crippen LogP contribution in [0.15, 0.2) is 0 Å². The first-order valence-corrected chi connectivity index (χ1v) is 18.3. The number of hydrogen-bond donors (Lipinski definition) is 1. The second-order valence-corrected chi connectivity index (χ2v) is 15.1. The van der Waals surface area contributed by atoms with Gasteiger partial charge in [-0.15, -0.1) is 0 Å². The molecule has 2 aliphatic rings. The zero-order valence-electron chi connectivity index (χ0n) is 31.1. The van der Waals surface area contributed by atoms with E-state index < -0.39 is 89.7 Å². The Morgan fingerprint density at radius 2 is 1.35 bits per heavy atom. The molecular weight excluding hydrogens is 696 g/mol. The Balaban J connectivity index is 2.71. The fraction of sp³-hybridized carbons (Fsp3) is 0.778. The number of esters is 2. The molecule has 276 valence electrons. The highest BCUT2D eigenvalue weighted by atomic mass is 79.9. The fourth-order valence-corrected chi connectivity index (χ4v) is 6.83. The van der Waals surface area contributed by atoms with Crippen molar-refractivity contribution in [1.82, 2.24) is 20.0 Å². The van der Waals surface area contributed by atoms with Crippen LogP contribution in [0.3, 0.4) is 0 Å². The lowest BCUT2D eigenvalue weighted by molar-refractivity contribution is -0.172. The van der Waals surface area contributed by atoms with Crippen LogP contribution in [0.2, 0.25) is 0 Å². The van der Waals surface area contributed by atoms with Crippen LogP contribution in [0.4, 0.5) is 0 Å². The largest absolute Gasteiger partial charge is 0.460 e. The first kappa shape index (κ1) is 42.0. The number of fused-ring (bicyclic) bond motifs is 1. The van der Waals surface area contributed by atoms with Gasteiger partial charge in [0.05, 0.1) is 5.92 Å². The van der Waals surface area contributed by atoms with E-state index in [0.717, 1.165) is 0 Å². The summed E-state index contributed by atoms with van der Waals surface area (Å²) < 4.78 is 12.0. The maximum atomic E-state index is 14.1. The zero-order valence-corrected chi connectivity index (χ0v) is 32.7. The van der Waals surface area contributed by atoms with E-state index in [1.807, 2.05) is 0 Å². The van der Waals surface area contributed by atoms with Gasteiger partial charge in [-0.3, -0.25) is 19.2 Å². The highest BCUT2D eigenvalue weighted by Gasteiger charge is 2.45. The molecule has 2 aliphatic heterocycles. The molecule has 7 atom stereocenters. The van der Waals surface area contributed by atoms with Gasteiger partial charge in [-0.05, 0) is 54.2 Å². The van der Waals surface area contributed by atoms with Gasteiger partial charge in [-0.1, -0.05) is 68.2 Å². The number of carbonyl (C=O) groups excluding carboxylic acids is 6. The molecule has 0 unspecified atom stereocenters. The number of unbranched alkanes of at least 4 members (excludes halogenated alkanes) is 1. The van der Waals surface area contributed by atoms with Crippen LogP contribution < -0.4 is 5.32 Å². The van der Waals surface area contributed by atoms with Gasteiger partial charge in [0.15, 0.2) is 6.10 Å².